The Hall–Kier alpha value is -0.870. The highest BCUT2D eigenvalue weighted by atomic mass is 79.9. The Morgan fingerprint density at radius 2 is 2.35 bits per heavy atom. The van der Waals surface area contributed by atoms with Gasteiger partial charge in [-0.2, -0.15) is 0 Å². The van der Waals surface area contributed by atoms with E-state index in [4.69, 9.17) is 0 Å². The van der Waals surface area contributed by atoms with Crippen molar-refractivity contribution in [3.8, 4) is 0 Å². The van der Waals surface area contributed by atoms with E-state index in [9.17, 15) is 0 Å². The van der Waals surface area contributed by atoms with E-state index in [1.54, 1.807) is 10.4 Å². The molecule has 1 aliphatic rings. The van der Waals surface area contributed by atoms with E-state index in [0.717, 1.165) is 16.8 Å². The van der Waals surface area contributed by atoms with Crippen LogP contribution in [0.4, 0.5) is 5.82 Å². The van der Waals surface area contributed by atoms with Gasteiger partial charge in [0.1, 0.15) is 5.82 Å². The number of nitrogens with one attached hydrogen (secondary N) is 1. The van der Waals surface area contributed by atoms with Crippen molar-refractivity contribution in [1.29, 1.82) is 0 Å². The van der Waals surface area contributed by atoms with Crippen molar-refractivity contribution < 1.29 is 0 Å². The van der Waals surface area contributed by atoms with Crippen LogP contribution in [-0.4, -0.2) is 4.98 Å². The van der Waals surface area contributed by atoms with Gasteiger partial charge in [-0.25, -0.2) is 4.98 Å². The molecule has 0 saturated carbocycles. The Morgan fingerprint density at radius 1 is 1.41 bits per heavy atom. The number of hydrogen-bond donors (Lipinski definition) is 1. The average molecular weight is 309 g/mol. The minimum absolute atomic E-state index is 0.868. The van der Waals surface area contributed by atoms with Crippen LogP contribution < -0.4 is 5.32 Å². The molecule has 0 radical (unpaired) electrons. The zero-order chi connectivity index (χ0) is 11.7. The minimum atomic E-state index is 0.868. The second-order valence-corrected chi connectivity index (χ2v) is 6.28. The molecule has 0 atom stereocenters. The van der Waals surface area contributed by atoms with Crippen LogP contribution in [0.15, 0.2) is 28.9 Å². The Morgan fingerprint density at radius 3 is 3.18 bits per heavy atom. The summed E-state index contributed by atoms with van der Waals surface area (Å²) in [4.78, 5) is 7.30. The van der Waals surface area contributed by atoms with Crippen LogP contribution in [-0.2, 0) is 19.4 Å². The van der Waals surface area contributed by atoms with Crippen LogP contribution in [0.2, 0.25) is 0 Å². The van der Waals surface area contributed by atoms with Crippen molar-refractivity contribution in [2.45, 2.75) is 25.8 Å². The van der Waals surface area contributed by atoms with Crippen LogP contribution in [0.5, 0.6) is 0 Å². The van der Waals surface area contributed by atoms with Crippen molar-refractivity contribution in [3.63, 3.8) is 0 Å². The molecule has 3 rings (SSSR count). The summed E-state index contributed by atoms with van der Waals surface area (Å²) in [6.07, 6.45) is 5.68. The van der Waals surface area contributed by atoms with Crippen LogP contribution in [0, 0.1) is 0 Å². The molecular formula is C13H13BrN2S. The van der Waals surface area contributed by atoms with Gasteiger partial charge in [0.25, 0.3) is 0 Å². The van der Waals surface area contributed by atoms with E-state index < -0.39 is 0 Å². The molecule has 0 spiro atoms. The Balaban J connectivity index is 1.70. The zero-order valence-corrected chi connectivity index (χ0v) is 11.8. The van der Waals surface area contributed by atoms with E-state index in [1.807, 2.05) is 29.7 Å². The van der Waals surface area contributed by atoms with Gasteiger partial charge in [0.05, 0.1) is 11.0 Å². The first-order chi connectivity index (χ1) is 8.33. The summed E-state index contributed by atoms with van der Waals surface area (Å²) in [5, 5.41) is 3.37. The smallest absolute Gasteiger partial charge is 0.140 e. The number of halogens is 1. The summed E-state index contributed by atoms with van der Waals surface area (Å²) >= 11 is 5.43. The molecular weight excluding hydrogens is 296 g/mol. The third-order valence-corrected chi connectivity index (χ3v) is 4.86. The predicted molar refractivity (Wildman–Crippen MR) is 75.6 cm³/mol. The van der Waals surface area contributed by atoms with E-state index >= 15 is 0 Å². The Kier molecular flexibility index (Phi) is 3.16. The molecule has 1 N–H and O–H groups in total. The van der Waals surface area contributed by atoms with Crippen LogP contribution in [0.3, 0.4) is 0 Å². The molecule has 4 heteroatoms. The number of fused-ring (bicyclic) bond motifs is 1. The van der Waals surface area contributed by atoms with Gasteiger partial charge in [-0.3, -0.25) is 0 Å². The van der Waals surface area contributed by atoms with Gasteiger partial charge in [-0.1, -0.05) is 0 Å². The van der Waals surface area contributed by atoms with Gasteiger partial charge in [0.2, 0.25) is 0 Å². The lowest BCUT2D eigenvalue weighted by molar-refractivity contribution is 0.913. The van der Waals surface area contributed by atoms with E-state index in [1.165, 1.54) is 24.1 Å². The lowest BCUT2D eigenvalue weighted by Gasteiger charge is -2.05. The number of hydrogen-bond acceptors (Lipinski definition) is 3. The summed E-state index contributed by atoms with van der Waals surface area (Å²) in [5.41, 5.74) is 1.56. The fourth-order valence-corrected chi connectivity index (χ4v) is 3.76. The average Bonchev–Trinajstić information content (AvgIpc) is 2.88. The monoisotopic (exact) mass is 308 g/mol. The summed E-state index contributed by atoms with van der Waals surface area (Å²) < 4.78 is 1.02. The van der Waals surface area contributed by atoms with Crippen LogP contribution in [0.1, 0.15) is 21.7 Å². The number of rotatable bonds is 3. The largest absolute Gasteiger partial charge is 0.364 e. The molecule has 0 aliphatic heterocycles. The van der Waals surface area contributed by atoms with Gasteiger partial charge in [0.15, 0.2) is 0 Å². The van der Waals surface area contributed by atoms with Gasteiger partial charge < -0.3 is 5.32 Å². The fraction of sp³-hybridized carbons (Fsp3) is 0.308. The number of anilines is 1. The molecule has 2 nitrogen and oxygen atoms in total. The quantitative estimate of drug-likeness (QED) is 0.927. The third-order valence-electron chi connectivity index (χ3n) is 2.99. The van der Waals surface area contributed by atoms with E-state index in [-0.39, 0.29) is 0 Å². The van der Waals surface area contributed by atoms with E-state index in [0.29, 0.717) is 0 Å². The second kappa shape index (κ2) is 4.78. The highest BCUT2D eigenvalue weighted by molar-refractivity contribution is 9.10. The van der Waals surface area contributed by atoms with Gasteiger partial charge in [-0.05, 0) is 59.0 Å². The number of aryl methyl sites for hydroxylation is 2. The van der Waals surface area contributed by atoms with Crippen LogP contribution in [0.25, 0.3) is 0 Å². The molecule has 1 aliphatic carbocycles. The number of thiophene rings is 1. The van der Waals surface area contributed by atoms with Crippen molar-refractivity contribution >= 4 is 33.1 Å². The standard InChI is InChI=1S/C13H13BrN2S/c14-11-4-2-6-15-13(11)16-8-10-7-9-3-1-5-12(9)17-10/h2,4,6-7H,1,3,5,8H2,(H,15,16). The number of pyridine rings is 1. The number of aromatic nitrogens is 1. The Labute approximate surface area is 113 Å². The molecule has 88 valence electrons. The van der Waals surface area contributed by atoms with Crippen molar-refractivity contribution in [2.75, 3.05) is 5.32 Å². The van der Waals surface area contributed by atoms with Crippen molar-refractivity contribution in [2.24, 2.45) is 0 Å². The lowest BCUT2D eigenvalue weighted by atomic mass is 10.2. The highest BCUT2D eigenvalue weighted by Gasteiger charge is 2.14. The predicted octanol–water partition coefficient (Wildman–Crippen LogP) is 4.01. The molecule has 17 heavy (non-hydrogen) atoms. The third kappa shape index (κ3) is 2.38. The maximum Gasteiger partial charge on any atom is 0.140 e. The molecule has 0 aromatic carbocycles. The molecule has 2 aromatic heterocycles. The van der Waals surface area contributed by atoms with Gasteiger partial charge in [0, 0.05) is 16.0 Å². The molecule has 2 aromatic rings. The Bertz CT molecular complexity index is 514. The number of nitrogens with zero attached hydrogens (tertiary/aromatic N) is 1. The molecule has 0 saturated heterocycles. The summed E-state index contributed by atoms with van der Waals surface area (Å²) in [7, 11) is 0. The summed E-state index contributed by atoms with van der Waals surface area (Å²) in [6, 6.07) is 6.27. The minimum Gasteiger partial charge on any atom is -0.364 e. The molecule has 0 amide bonds. The molecule has 0 bridgehead atoms. The van der Waals surface area contributed by atoms with Gasteiger partial charge >= 0.3 is 0 Å². The summed E-state index contributed by atoms with van der Waals surface area (Å²) in [5.74, 6) is 0.918. The zero-order valence-electron chi connectivity index (χ0n) is 9.37. The van der Waals surface area contributed by atoms with Crippen molar-refractivity contribution in [1.82, 2.24) is 4.98 Å². The topological polar surface area (TPSA) is 24.9 Å². The first kappa shape index (κ1) is 11.2. The van der Waals surface area contributed by atoms with Gasteiger partial charge in [-0.15, -0.1) is 11.3 Å². The first-order valence-electron chi connectivity index (χ1n) is 5.78. The van der Waals surface area contributed by atoms with Crippen LogP contribution >= 0.6 is 27.3 Å². The summed E-state index contributed by atoms with van der Waals surface area (Å²) in [6.45, 7) is 0.868. The maximum absolute atomic E-state index is 4.30. The fourth-order valence-electron chi connectivity index (χ4n) is 2.16. The first-order valence-corrected chi connectivity index (χ1v) is 7.39. The highest BCUT2D eigenvalue weighted by Crippen LogP contribution is 2.31. The second-order valence-electron chi connectivity index (χ2n) is 4.20. The molecule has 2 heterocycles. The maximum atomic E-state index is 4.30. The van der Waals surface area contributed by atoms with Crippen molar-refractivity contribution in [3.05, 3.63) is 44.2 Å². The SMILES string of the molecule is Brc1cccnc1NCc1cc2c(s1)CCC2. The molecule has 0 fully saturated rings. The normalized spacial score (nSPS) is 13.7. The lowest BCUT2D eigenvalue weighted by Crippen LogP contribution is -2.00. The molecule has 0 unspecified atom stereocenters. The van der Waals surface area contributed by atoms with E-state index in [2.05, 4.69) is 32.3 Å².